The van der Waals surface area contributed by atoms with Crippen molar-refractivity contribution in [3.05, 3.63) is 12.7 Å². The smallest absolute Gasteiger partial charge is 0.462 e. The zero-order valence-electron chi connectivity index (χ0n) is 9.34. The van der Waals surface area contributed by atoms with Crippen LogP contribution in [-0.2, 0) is 19.6 Å². The molecule has 0 aliphatic carbocycles. The van der Waals surface area contributed by atoms with Crippen molar-refractivity contribution >= 4 is 16.0 Å². The van der Waals surface area contributed by atoms with E-state index >= 15 is 0 Å². The fourth-order valence-corrected chi connectivity index (χ4v) is 1.65. The average Bonchev–Trinajstić information content (AvgIpc) is 2.26. The maximum Gasteiger partial charge on any atom is 0.470 e. The van der Waals surface area contributed by atoms with Crippen LogP contribution in [0.1, 0.15) is 6.42 Å². The Morgan fingerprint density at radius 3 is 2.21 bits per heavy atom. The number of ether oxygens (including phenoxy) is 1. The highest BCUT2D eigenvalue weighted by atomic mass is 32.2. The molecule has 112 valence electrons. The summed E-state index contributed by atoms with van der Waals surface area (Å²) in [5.41, 5.74) is 0. The molecule has 0 heterocycles. The van der Waals surface area contributed by atoms with Crippen LogP contribution < -0.4 is 4.72 Å². The van der Waals surface area contributed by atoms with Crippen LogP contribution in [0, 0.1) is 0 Å². The maximum atomic E-state index is 12.5. The Morgan fingerprint density at radius 1 is 1.26 bits per heavy atom. The maximum absolute atomic E-state index is 12.5. The first-order valence-corrected chi connectivity index (χ1v) is 6.17. The molecular formula is C8H10F5NO4S. The van der Waals surface area contributed by atoms with Crippen molar-refractivity contribution in [2.75, 3.05) is 13.2 Å². The summed E-state index contributed by atoms with van der Waals surface area (Å²) in [6.07, 6.45) is -5.68. The van der Waals surface area contributed by atoms with Crippen molar-refractivity contribution in [1.29, 1.82) is 0 Å². The molecule has 1 N–H and O–H groups in total. The van der Waals surface area contributed by atoms with Crippen LogP contribution in [0.25, 0.3) is 0 Å². The normalized spacial score (nSPS) is 13.1. The summed E-state index contributed by atoms with van der Waals surface area (Å²) in [6, 6.07) is 0. The van der Waals surface area contributed by atoms with E-state index in [9.17, 15) is 35.2 Å². The number of sulfonamides is 1. The lowest BCUT2D eigenvalue weighted by Crippen LogP contribution is -2.50. The summed E-state index contributed by atoms with van der Waals surface area (Å²) in [5, 5.41) is -5.89. The molecular weight excluding hydrogens is 301 g/mol. The second kappa shape index (κ2) is 6.28. The summed E-state index contributed by atoms with van der Waals surface area (Å²) in [7, 11) is -5.89. The number of nitrogens with one attached hydrogen (secondary N) is 1. The van der Waals surface area contributed by atoms with Gasteiger partial charge in [-0.05, 0) is 6.42 Å². The minimum Gasteiger partial charge on any atom is -0.462 e. The zero-order valence-corrected chi connectivity index (χ0v) is 10.2. The predicted octanol–water partition coefficient (Wildman–Crippen LogP) is 1.18. The molecule has 11 heteroatoms. The third-order valence-corrected chi connectivity index (χ3v) is 3.18. The topological polar surface area (TPSA) is 72.5 Å². The van der Waals surface area contributed by atoms with E-state index in [1.54, 1.807) is 0 Å². The van der Waals surface area contributed by atoms with Gasteiger partial charge < -0.3 is 4.74 Å². The Kier molecular flexibility index (Phi) is 5.87. The molecule has 0 radical (unpaired) electrons. The van der Waals surface area contributed by atoms with E-state index in [-0.39, 0.29) is 13.0 Å². The van der Waals surface area contributed by atoms with Crippen LogP contribution in [0.2, 0.25) is 0 Å². The Morgan fingerprint density at radius 2 is 1.79 bits per heavy atom. The van der Waals surface area contributed by atoms with Gasteiger partial charge >= 0.3 is 17.4 Å². The van der Waals surface area contributed by atoms with Gasteiger partial charge in [-0.1, -0.05) is 6.58 Å². The molecule has 0 aromatic rings. The van der Waals surface area contributed by atoms with Crippen LogP contribution in [-0.4, -0.2) is 39.0 Å². The molecule has 5 nitrogen and oxygen atoms in total. The molecule has 0 unspecified atom stereocenters. The molecule has 0 atom stereocenters. The highest BCUT2D eigenvalue weighted by Gasteiger charge is 2.67. The van der Waals surface area contributed by atoms with Gasteiger partial charge in [-0.15, -0.1) is 0 Å². The highest BCUT2D eigenvalue weighted by Crippen LogP contribution is 2.39. The molecule has 0 saturated carbocycles. The standard InChI is InChI=1S/C8H10F5NO4S/c1-2-6(15)18-5-3-4-14-19(16,17)8(12,13)7(9,10)11/h2,14H,1,3-5H2. The van der Waals surface area contributed by atoms with E-state index in [1.165, 1.54) is 0 Å². The van der Waals surface area contributed by atoms with E-state index in [0.29, 0.717) is 0 Å². The van der Waals surface area contributed by atoms with Crippen LogP contribution >= 0.6 is 0 Å². The lowest BCUT2D eigenvalue weighted by atomic mass is 10.5. The summed E-state index contributed by atoms with van der Waals surface area (Å²) in [5.74, 6) is -0.830. The van der Waals surface area contributed by atoms with Gasteiger partial charge in [0.2, 0.25) is 0 Å². The first kappa shape index (κ1) is 17.8. The van der Waals surface area contributed by atoms with E-state index in [2.05, 4.69) is 11.3 Å². The van der Waals surface area contributed by atoms with Gasteiger partial charge in [-0.3, -0.25) is 0 Å². The summed E-state index contributed by atoms with van der Waals surface area (Å²) >= 11 is 0. The Hall–Kier alpha value is -1.23. The van der Waals surface area contributed by atoms with Crippen LogP contribution in [0.5, 0.6) is 0 Å². The van der Waals surface area contributed by atoms with Gasteiger partial charge in [-0.2, -0.15) is 22.0 Å². The minimum absolute atomic E-state index is 0.271. The van der Waals surface area contributed by atoms with E-state index in [0.717, 1.165) is 10.8 Å². The molecule has 0 aliphatic rings. The van der Waals surface area contributed by atoms with E-state index < -0.39 is 34.0 Å². The molecule has 0 saturated heterocycles. The van der Waals surface area contributed by atoms with Gasteiger partial charge in [-0.25, -0.2) is 17.9 Å². The lowest BCUT2D eigenvalue weighted by Gasteiger charge is -2.19. The van der Waals surface area contributed by atoms with Crippen molar-refractivity contribution < 1.29 is 39.9 Å². The van der Waals surface area contributed by atoms with Crippen LogP contribution in [0.3, 0.4) is 0 Å². The number of alkyl halides is 5. The van der Waals surface area contributed by atoms with Crippen LogP contribution in [0.15, 0.2) is 12.7 Å². The fraction of sp³-hybridized carbons (Fsp3) is 0.625. The number of halogens is 5. The first-order valence-electron chi connectivity index (χ1n) is 4.68. The second-order valence-corrected chi connectivity index (χ2v) is 4.95. The van der Waals surface area contributed by atoms with Crippen molar-refractivity contribution in [1.82, 2.24) is 4.72 Å². The van der Waals surface area contributed by atoms with Crippen molar-refractivity contribution in [2.24, 2.45) is 0 Å². The fourth-order valence-electron chi connectivity index (χ4n) is 0.753. The Labute approximate surface area is 105 Å². The lowest BCUT2D eigenvalue weighted by molar-refractivity contribution is -0.241. The number of rotatable bonds is 7. The van der Waals surface area contributed by atoms with Crippen LogP contribution in [0.4, 0.5) is 22.0 Å². The molecule has 0 bridgehead atoms. The molecule has 0 aromatic carbocycles. The van der Waals surface area contributed by atoms with Gasteiger partial charge in [0.05, 0.1) is 6.61 Å². The van der Waals surface area contributed by atoms with E-state index in [4.69, 9.17) is 0 Å². The molecule has 0 spiro atoms. The molecule has 0 amide bonds. The number of carbonyl (C=O) groups excluding carboxylic acids is 1. The Balaban J connectivity index is 4.34. The quantitative estimate of drug-likeness (QED) is 0.332. The molecule has 0 fully saturated rings. The minimum atomic E-state index is -6.21. The van der Waals surface area contributed by atoms with Gasteiger partial charge in [0, 0.05) is 12.6 Å². The molecule has 0 aromatic heterocycles. The van der Waals surface area contributed by atoms with Gasteiger partial charge in [0.1, 0.15) is 0 Å². The Bertz CT molecular complexity index is 431. The zero-order chi connectivity index (χ0) is 15.3. The summed E-state index contributed by atoms with van der Waals surface area (Å²) in [4.78, 5) is 10.5. The first-order chi connectivity index (χ1) is 8.45. The van der Waals surface area contributed by atoms with Crippen molar-refractivity contribution in [2.45, 2.75) is 17.9 Å². The number of carbonyl (C=O) groups is 1. The van der Waals surface area contributed by atoms with Crippen molar-refractivity contribution in [3.8, 4) is 0 Å². The molecule has 19 heavy (non-hydrogen) atoms. The molecule has 0 rings (SSSR count). The SMILES string of the molecule is C=CC(=O)OCCCNS(=O)(=O)C(F)(F)C(F)(F)F. The molecule has 0 aliphatic heterocycles. The van der Waals surface area contributed by atoms with Crippen molar-refractivity contribution in [3.63, 3.8) is 0 Å². The largest absolute Gasteiger partial charge is 0.470 e. The summed E-state index contributed by atoms with van der Waals surface area (Å²) in [6.45, 7) is 1.95. The van der Waals surface area contributed by atoms with Gasteiger partial charge in [0.15, 0.2) is 0 Å². The predicted molar refractivity (Wildman–Crippen MR) is 53.7 cm³/mol. The highest BCUT2D eigenvalue weighted by molar-refractivity contribution is 7.90. The second-order valence-electron chi connectivity index (χ2n) is 3.14. The van der Waals surface area contributed by atoms with Gasteiger partial charge in [0.25, 0.3) is 10.0 Å². The average molecular weight is 311 g/mol. The van der Waals surface area contributed by atoms with E-state index in [1.807, 2.05) is 0 Å². The number of hydrogen-bond donors (Lipinski definition) is 1. The summed E-state index contributed by atoms with van der Waals surface area (Å²) < 4.78 is 87.4. The monoisotopic (exact) mass is 311 g/mol. The number of esters is 1. The number of hydrogen-bond acceptors (Lipinski definition) is 4. The third kappa shape index (κ3) is 4.74. The third-order valence-electron chi connectivity index (χ3n) is 1.69.